The molecule has 0 aliphatic rings. The van der Waals surface area contributed by atoms with E-state index in [1.54, 1.807) is 24.3 Å². The van der Waals surface area contributed by atoms with Gasteiger partial charge in [-0.3, -0.25) is 14.4 Å². The molecule has 0 saturated carbocycles. The summed E-state index contributed by atoms with van der Waals surface area (Å²) in [6.07, 6.45) is 0.331. The van der Waals surface area contributed by atoms with Gasteiger partial charge in [0.25, 0.3) is 0 Å². The van der Waals surface area contributed by atoms with Crippen LogP contribution in [-0.4, -0.2) is 22.9 Å². The molecular weight excluding hydrogens is 296 g/mol. The predicted octanol–water partition coefficient (Wildman–Crippen LogP) is 3.11. The maximum absolute atomic E-state index is 11.9. The van der Waals surface area contributed by atoms with Gasteiger partial charge in [0.1, 0.15) is 0 Å². The minimum Gasteiger partial charge on any atom is -0.481 e. The van der Waals surface area contributed by atoms with E-state index in [4.69, 9.17) is 5.11 Å². The highest BCUT2D eigenvalue weighted by Gasteiger charge is 2.30. The first-order chi connectivity index (χ1) is 10.6. The molecule has 6 nitrogen and oxygen atoms in total. The van der Waals surface area contributed by atoms with E-state index in [1.807, 2.05) is 13.8 Å². The average molecular weight is 320 g/mol. The average Bonchev–Trinajstić information content (AvgIpc) is 2.39. The Hall–Kier alpha value is -2.37. The van der Waals surface area contributed by atoms with Gasteiger partial charge < -0.3 is 15.7 Å². The van der Waals surface area contributed by atoms with Gasteiger partial charge in [0.15, 0.2) is 0 Å². The Morgan fingerprint density at radius 2 is 1.43 bits per heavy atom. The van der Waals surface area contributed by atoms with Crippen molar-refractivity contribution in [1.82, 2.24) is 0 Å². The largest absolute Gasteiger partial charge is 0.481 e. The number of hydrogen-bond donors (Lipinski definition) is 3. The number of amides is 2. The smallest absolute Gasteiger partial charge is 0.309 e. The molecule has 1 aromatic carbocycles. The van der Waals surface area contributed by atoms with Gasteiger partial charge in [-0.1, -0.05) is 13.8 Å². The molecule has 0 bridgehead atoms. The Morgan fingerprint density at radius 3 is 1.83 bits per heavy atom. The maximum Gasteiger partial charge on any atom is 0.309 e. The molecule has 0 heterocycles. The Morgan fingerprint density at radius 1 is 1.00 bits per heavy atom. The lowest BCUT2D eigenvalue weighted by atomic mass is 9.89. The van der Waals surface area contributed by atoms with Crippen LogP contribution >= 0.6 is 0 Å². The number of benzene rings is 1. The number of hydrogen-bond acceptors (Lipinski definition) is 3. The van der Waals surface area contributed by atoms with Crippen molar-refractivity contribution in [3.05, 3.63) is 24.3 Å². The van der Waals surface area contributed by atoms with E-state index >= 15 is 0 Å². The second kappa shape index (κ2) is 7.76. The zero-order chi connectivity index (χ0) is 17.6. The molecule has 0 fully saturated rings. The fraction of sp³-hybridized carbons (Fsp3) is 0.471. The summed E-state index contributed by atoms with van der Waals surface area (Å²) in [6, 6.07) is 6.71. The summed E-state index contributed by atoms with van der Waals surface area (Å²) >= 11 is 0. The van der Waals surface area contributed by atoms with E-state index in [-0.39, 0.29) is 24.2 Å². The Labute approximate surface area is 136 Å². The van der Waals surface area contributed by atoms with Crippen molar-refractivity contribution in [2.45, 2.75) is 40.5 Å². The molecule has 0 aliphatic heterocycles. The molecule has 3 N–H and O–H groups in total. The van der Waals surface area contributed by atoms with E-state index in [2.05, 4.69) is 10.6 Å². The summed E-state index contributed by atoms with van der Waals surface area (Å²) in [5.74, 6) is -1.16. The molecule has 0 saturated heterocycles. The van der Waals surface area contributed by atoms with Crippen molar-refractivity contribution >= 4 is 29.2 Å². The van der Waals surface area contributed by atoms with Crippen LogP contribution in [0.4, 0.5) is 11.4 Å². The van der Waals surface area contributed by atoms with Crippen molar-refractivity contribution in [2.24, 2.45) is 11.3 Å². The number of rotatable bonds is 7. The fourth-order valence-corrected chi connectivity index (χ4v) is 1.90. The van der Waals surface area contributed by atoms with Crippen LogP contribution in [0.3, 0.4) is 0 Å². The van der Waals surface area contributed by atoms with Crippen molar-refractivity contribution in [1.29, 1.82) is 0 Å². The van der Waals surface area contributed by atoms with Crippen LogP contribution in [0.15, 0.2) is 24.3 Å². The van der Waals surface area contributed by atoms with Gasteiger partial charge >= 0.3 is 5.97 Å². The summed E-state index contributed by atoms with van der Waals surface area (Å²) < 4.78 is 0. The van der Waals surface area contributed by atoms with E-state index in [0.29, 0.717) is 17.8 Å². The van der Waals surface area contributed by atoms with Crippen molar-refractivity contribution in [3.8, 4) is 0 Å². The van der Waals surface area contributed by atoms with Gasteiger partial charge in [-0.15, -0.1) is 0 Å². The van der Waals surface area contributed by atoms with Crippen LogP contribution < -0.4 is 10.6 Å². The number of aliphatic carboxylic acids is 1. The van der Waals surface area contributed by atoms with Crippen LogP contribution in [0.25, 0.3) is 0 Å². The molecule has 1 aromatic rings. The third-order valence-corrected chi connectivity index (χ3v) is 3.23. The summed E-state index contributed by atoms with van der Waals surface area (Å²) in [6.45, 7) is 6.94. The number of nitrogens with one attached hydrogen (secondary N) is 2. The van der Waals surface area contributed by atoms with E-state index in [9.17, 15) is 14.4 Å². The number of carboxylic acid groups (broad SMARTS) is 1. The van der Waals surface area contributed by atoms with E-state index in [0.717, 1.165) is 0 Å². The SMILES string of the molecule is CC(C)CC(=O)Nc1ccc(NC(=O)CC(C)(C)C(=O)O)cc1. The van der Waals surface area contributed by atoms with Crippen molar-refractivity contribution < 1.29 is 19.5 Å². The summed E-state index contributed by atoms with van der Waals surface area (Å²) in [5.41, 5.74) is 0.0899. The Kier molecular flexibility index (Phi) is 6.30. The first-order valence-electron chi connectivity index (χ1n) is 7.53. The number of anilines is 2. The number of carbonyl (C=O) groups excluding carboxylic acids is 2. The lowest BCUT2D eigenvalue weighted by Crippen LogP contribution is -2.29. The fourth-order valence-electron chi connectivity index (χ4n) is 1.90. The summed E-state index contributed by atoms with van der Waals surface area (Å²) in [5, 5.41) is 14.4. The standard InChI is InChI=1S/C17H24N2O4/c1-11(2)9-14(20)18-12-5-7-13(8-6-12)19-15(21)10-17(3,4)16(22)23/h5-8,11H,9-10H2,1-4H3,(H,18,20)(H,19,21)(H,22,23). The minimum absolute atomic E-state index is 0.0556. The number of carboxylic acids is 1. The molecule has 0 aromatic heterocycles. The van der Waals surface area contributed by atoms with Gasteiger partial charge in [-0.2, -0.15) is 0 Å². The van der Waals surface area contributed by atoms with Crippen LogP contribution in [-0.2, 0) is 14.4 Å². The molecule has 126 valence electrons. The van der Waals surface area contributed by atoms with Gasteiger partial charge in [0.2, 0.25) is 11.8 Å². The monoisotopic (exact) mass is 320 g/mol. The van der Waals surface area contributed by atoms with Crippen molar-refractivity contribution in [2.75, 3.05) is 10.6 Å². The van der Waals surface area contributed by atoms with Crippen molar-refractivity contribution in [3.63, 3.8) is 0 Å². The van der Waals surface area contributed by atoms with Crippen LogP contribution in [0.5, 0.6) is 0 Å². The molecule has 0 aliphatic carbocycles. The van der Waals surface area contributed by atoms with Gasteiger partial charge in [-0.25, -0.2) is 0 Å². The first-order valence-corrected chi connectivity index (χ1v) is 7.53. The lowest BCUT2D eigenvalue weighted by Gasteiger charge is -2.18. The summed E-state index contributed by atoms with van der Waals surface area (Å²) in [7, 11) is 0. The minimum atomic E-state index is -1.12. The highest BCUT2D eigenvalue weighted by Crippen LogP contribution is 2.22. The van der Waals surface area contributed by atoms with Crippen LogP contribution in [0.1, 0.15) is 40.5 Å². The van der Waals surface area contributed by atoms with E-state index in [1.165, 1.54) is 13.8 Å². The second-order valence-electron chi connectivity index (χ2n) is 6.64. The van der Waals surface area contributed by atoms with Gasteiger partial charge in [0.05, 0.1) is 5.41 Å². The van der Waals surface area contributed by atoms with Gasteiger partial charge in [0, 0.05) is 24.2 Å². The summed E-state index contributed by atoms with van der Waals surface area (Å²) in [4.78, 5) is 34.6. The molecule has 0 spiro atoms. The quantitative estimate of drug-likeness (QED) is 0.719. The van der Waals surface area contributed by atoms with Gasteiger partial charge in [-0.05, 0) is 44.0 Å². The zero-order valence-electron chi connectivity index (χ0n) is 14.0. The first kappa shape index (κ1) is 18.7. The molecule has 23 heavy (non-hydrogen) atoms. The molecule has 0 radical (unpaired) electrons. The molecule has 1 rings (SSSR count). The molecule has 6 heteroatoms. The Bertz CT molecular complexity index is 577. The van der Waals surface area contributed by atoms with Crippen LogP contribution in [0, 0.1) is 11.3 Å². The Balaban J connectivity index is 2.59. The highest BCUT2D eigenvalue weighted by atomic mass is 16.4. The number of carbonyl (C=O) groups is 3. The maximum atomic E-state index is 11.9. The normalized spacial score (nSPS) is 11.2. The second-order valence-corrected chi connectivity index (χ2v) is 6.64. The molecule has 0 atom stereocenters. The third-order valence-electron chi connectivity index (χ3n) is 3.23. The molecule has 2 amide bonds. The van der Waals surface area contributed by atoms with Crippen LogP contribution in [0.2, 0.25) is 0 Å². The molecule has 0 unspecified atom stereocenters. The van der Waals surface area contributed by atoms with E-state index < -0.39 is 11.4 Å². The predicted molar refractivity (Wildman–Crippen MR) is 89.2 cm³/mol. The lowest BCUT2D eigenvalue weighted by molar-refractivity contribution is -0.149. The highest BCUT2D eigenvalue weighted by molar-refractivity contribution is 5.95. The third kappa shape index (κ3) is 6.50. The topological polar surface area (TPSA) is 95.5 Å². The molecular formula is C17H24N2O4. The zero-order valence-corrected chi connectivity index (χ0v) is 14.0.